The van der Waals surface area contributed by atoms with Crippen molar-refractivity contribution in [1.29, 1.82) is 0 Å². The van der Waals surface area contributed by atoms with Crippen LogP contribution in [0.3, 0.4) is 0 Å². The molecule has 1 aromatic carbocycles. The van der Waals surface area contributed by atoms with Crippen LogP contribution in [0.2, 0.25) is 0 Å². The zero-order chi connectivity index (χ0) is 16.7. The first kappa shape index (κ1) is 17.8. The molecule has 2 rings (SSSR count). The van der Waals surface area contributed by atoms with Gasteiger partial charge in [-0.3, -0.25) is 9.69 Å². The Kier molecular flexibility index (Phi) is 6.90. The minimum Gasteiger partial charge on any atom is -0.491 e. The molecule has 1 saturated carbocycles. The van der Waals surface area contributed by atoms with Crippen molar-refractivity contribution in [3.8, 4) is 5.75 Å². The zero-order valence-corrected chi connectivity index (χ0v) is 14.7. The molecule has 1 fully saturated rings. The second-order valence-electron chi connectivity index (χ2n) is 6.62. The number of carbonyl (C=O) groups is 1. The number of hydrogen-bond acceptors (Lipinski definition) is 3. The van der Waals surface area contributed by atoms with E-state index in [1.54, 1.807) is 0 Å². The minimum absolute atomic E-state index is 0.0497. The normalized spacial score (nSPS) is 17.0. The van der Waals surface area contributed by atoms with Gasteiger partial charge in [-0.05, 0) is 57.5 Å². The number of likely N-dealkylation sites (N-methyl/N-ethyl adjacent to an activating group) is 1. The second kappa shape index (κ2) is 8.92. The van der Waals surface area contributed by atoms with E-state index in [-0.39, 0.29) is 12.0 Å². The quantitative estimate of drug-likeness (QED) is 0.824. The first-order valence-corrected chi connectivity index (χ1v) is 8.85. The molecule has 0 heterocycles. The third-order valence-corrected chi connectivity index (χ3v) is 4.64. The molecule has 4 heteroatoms. The fourth-order valence-electron chi connectivity index (χ4n) is 3.01. The molecule has 0 radical (unpaired) electrons. The highest BCUT2D eigenvalue weighted by Crippen LogP contribution is 2.22. The first-order chi connectivity index (χ1) is 11.1. The van der Waals surface area contributed by atoms with Gasteiger partial charge in [0.25, 0.3) is 0 Å². The summed E-state index contributed by atoms with van der Waals surface area (Å²) < 4.78 is 5.75. The number of benzene rings is 1. The maximum Gasteiger partial charge on any atom is 0.238 e. The van der Waals surface area contributed by atoms with Crippen LogP contribution in [0, 0.1) is 0 Å². The van der Waals surface area contributed by atoms with Gasteiger partial charge in [-0.1, -0.05) is 26.2 Å². The Morgan fingerprint density at radius 2 is 1.91 bits per heavy atom. The molecule has 0 saturated heterocycles. The van der Waals surface area contributed by atoms with E-state index in [0.29, 0.717) is 12.6 Å². The van der Waals surface area contributed by atoms with E-state index in [0.717, 1.165) is 17.9 Å². The van der Waals surface area contributed by atoms with Crippen molar-refractivity contribution in [3.05, 3.63) is 24.3 Å². The average molecular weight is 318 g/mol. The predicted molar refractivity (Wildman–Crippen MR) is 95.0 cm³/mol. The van der Waals surface area contributed by atoms with Gasteiger partial charge in [-0.15, -0.1) is 0 Å². The lowest BCUT2D eigenvalue weighted by Crippen LogP contribution is -2.39. The van der Waals surface area contributed by atoms with Crippen LogP contribution in [0.1, 0.15) is 52.4 Å². The number of amides is 1. The van der Waals surface area contributed by atoms with Crippen LogP contribution in [0.15, 0.2) is 24.3 Å². The molecule has 1 atom stereocenters. The summed E-state index contributed by atoms with van der Waals surface area (Å²) in [5, 5.41) is 2.97. The summed E-state index contributed by atoms with van der Waals surface area (Å²) in [6.07, 6.45) is 7.52. The lowest BCUT2D eigenvalue weighted by atomic mass is 9.94. The largest absolute Gasteiger partial charge is 0.491 e. The summed E-state index contributed by atoms with van der Waals surface area (Å²) in [7, 11) is 2.05. The van der Waals surface area contributed by atoms with Crippen LogP contribution in [0.4, 0.5) is 5.69 Å². The molecule has 128 valence electrons. The van der Waals surface area contributed by atoms with Gasteiger partial charge in [-0.2, -0.15) is 0 Å². The van der Waals surface area contributed by atoms with Crippen molar-refractivity contribution in [1.82, 2.24) is 4.90 Å². The molecule has 1 aliphatic rings. The zero-order valence-electron chi connectivity index (χ0n) is 14.7. The number of hydrogen-bond donors (Lipinski definition) is 1. The fraction of sp³-hybridized carbons (Fsp3) is 0.632. The number of nitrogens with zero attached hydrogens (tertiary/aromatic N) is 1. The van der Waals surface area contributed by atoms with Crippen LogP contribution in [0.25, 0.3) is 0 Å². The molecule has 0 aromatic heterocycles. The SMILES string of the molecule is CCC(C)Oc1ccc(NC(=O)CN(C)C2CCCCC2)cc1. The van der Waals surface area contributed by atoms with Crippen LogP contribution in [-0.4, -0.2) is 36.5 Å². The number of ether oxygens (including phenoxy) is 1. The lowest BCUT2D eigenvalue weighted by molar-refractivity contribution is -0.117. The Morgan fingerprint density at radius 1 is 1.26 bits per heavy atom. The van der Waals surface area contributed by atoms with Gasteiger partial charge in [-0.25, -0.2) is 0 Å². The number of rotatable bonds is 7. The Morgan fingerprint density at radius 3 is 2.52 bits per heavy atom. The third-order valence-electron chi connectivity index (χ3n) is 4.64. The molecule has 0 spiro atoms. The molecule has 1 aliphatic carbocycles. The highest BCUT2D eigenvalue weighted by atomic mass is 16.5. The fourth-order valence-corrected chi connectivity index (χ4v) is 3.01. The molecule has 23 heavy (non-hydrogen) atoms. The second-order valence-corrected chi connectivity index (χ2v) is 6.62. The average Bonchev–Trinajstić information content (AvgIpc) is 2.57. The van der Waals surface area contributed by atoms with Crippen molar-refractivity contribution in [3.63, 3.8) is 0 Å². The lowest BCUT2D eigenvalue weighted by Gasteiger charge is -2.30. The van der Waals surface area contributed by atoms with Gasteiger partial charge < -0.3 is 10.1 Å². The minimum atomic E-state index is 0.0497. The van der Waals surface area contributed by atoms with Crippen LogP contribution < -0.4 is 10.1 Å². The van der Waals surface area contributed by atoms with E-state index >= 15 is 0 Å². The van der Waals surface area contributed by atoms with Gasteiger partial charge in [0.1, 0.15) is 5.75 Å². The molecular weight excluding hydrogens is 288 g/mol. The monoisotopic (exact) mass is 318 g/mol. The summed E-state index contributed by atoms with van der Waals surface area (Å²) in [5.74, 6) is 0.894. The highest BCUT2D eigenvalue weighted by Gasteiger charge is 2.19. The van der Waals surface area contributed by atoms with Gasteiger partial charge in [0.15, 0.2) is 0 Å². The number of carbonyl (C=O) groups excluding carboxylic acids is 1. The molecule has 0 bridgehead atoms. The Bertz CT molecular complexity index is 481. The Labute approximate surface area is 140 Å². The molecule has 1 aromatic rings. The van der Waals surface area contributed by atoms with Gasteiger partial charge >= 0.3 is 0 Å². The topological polar surface area (TPSA) is 41.6 Å². The smallest absolute Gasteiger partial charge is 0.238 e. The highest BCUT2D eigenvalue weighted by molar-refractivity contribution is 5.92. The Hall–Kier alpha value is -1.55. The van der Waals surface area contributed by atoms with E-state index in [4.69, 9.17) is 4.74 Å². The maximum atomic E-state index is 12.2. The summed E-state index contributed by atoms with van der Waals surface area (Å²) in [5.41, 5.74) is 0.823. The molecule has 0 aliphatic heterocycles. The van der Waals surface area contributed by atoms with Gasteiger partial charge in [0, 0.05) is 11.7 Å². The molecule has 4 nitrogen and oxygen atoms in total. The summed E-state index contributed by atoms with van der Waals surface area (Å²) >= 11 is 0. The van der Waals surface area contributed by atoms with Crippen LogP contribution in [-0.2, 0) is 4.79 Å². The number of anilines is 1. The van der Waals surface area contributed by atoms with E-state index < -0.39 is 0 Å². The summed E-state index contributed by atoms with van der Waals surface area (Å²) in [6.45, 7) is 4.61. The van der Waals surface area contributed by atoms with Crippen LogP contribution in [0.5, 0.6) is 5.75 Å². The molecule has 1 N–H and O–H groups in total. The van der Waals surface area contributed by atoms with Crippen molar-refractivity contribution >= 4 is 11.6 Å². The van der Waals surface area contributed by atoms with Gasteiger partial charge in [0.05, 0.1) is 12.6 Å². The van der Waals surface area contributed by atoms with E-state index in [1.165, 1.54) is 32.1 Å². The molecular formula is C19H30N2O2. The summed E-state index contributed by atoms with van der Waals surface area (Å²) in [4.78, 5) is 14.4. The van der Waals surface area contributed by atoms with E-state index in [2.05, 4.69) is 31.1 Å². The first-order valence-electron chi connectivity index (χ1n) is 8.85. The summed E-state index contributed by atoms with van der Waals surface area (Å²) in [6, 6.07) is 8.17. The van der Waals surface area contributed by atoms with Crippen molar-refractivity contribution in [2.24, 2.45) is 0 Å². The predicted octanol–water partition coefficient (Wildman–Crippen LogP) is 4.07. The molecule has 1 unspecified atom stereocenters. The van der Waals surface area contributed by atoms with Gasteiger partial charge in [0.2, 0.25) is 5.91 Å². The van der Waals surface area contributed by atoms with Crippen molar-refractivity contribution in [2.75, 3.05) is 18.9 Å². The number of nitrogens with one attached hydrogen (secondary N) is 1. The van der Waals surface area contributed by atoms with Crippen molar-refractivity contribution in [2.45, 2.75) is 64.5 Å². The van der Waals surface area contributed by atoms with Crippen LogP contribution >= 0.6 is 0 Å². The standard InChI is InChI=1S/C19H30N2O2/c1-4-15(2)23-18-12-10-16(11-13-18)20-19(22)14-21(3)17-8-6-5-7-9-17/h10-13,15,17H,4-9,14H2,1-3H3,(H,20,22). The van der Waals surface area contributed by atoms with E-state index in [9.17, 15) is 4.79 Å². The van der Waals surface area contributed by atoms with Crippen molar-refractivity contribution < 1.29 is 9.53 Å². The Balaban J connectivity index is 1.80. The molecule has 1 amide bonds. The maximum absolute atomic E-state index is 12.2. The van der Waals surface area contributed by atoms with E-state index in [1.807, 2.05) is 24.3 Å². The third kappa shape index (κ3) is 5.87.